The van der Waals surface area contributed by atoms with Gasteiger partial charge < -0.3 is 10.0 Å². The summed E-state index contributed by atoms with van der Waals surface area (Å²) in [6.07, 6.45) is 3.25. The van der Waals surface area contributed by atoms with Crippen molar-refractivity contribution in [2.45, 2.75) is 31.7 Å². The SMILES string of the molecule is O=C(O)C1CCC1C(=O)N1CCCC1c1cccc2ccccc12. The summed E-state index contributed by atoms with van der Waals surface area (Å²) in [5.74, 6) is -1.63. The Bertz CT molecular complexity index is 795. The number of carboxylic acid groups (broad SMARTS) is 1. The number of carbonyl (C=O) groups excluding carboxylic acids is 1. The molecule has 3 unspecified atom stereocenters. The van der Waals surface area contributed by atoms with Gasteiger partial charge in [0.2, 0.25) is 5.91 Å². The highest BCUT2D eigenvalue weighted by atomic mass is 16.4. The molecule has 1 N–H and O–H groups in total. The molecule has 0 bridgehead atoms. The fourth-order valence-corrected chi connectivity index (χ4v) is 4.20. The van der Waals surface area contributed by atoms with Gasteiger partial charge in [-0.05, 0) is 42.0 Å². The lowest BCUT2D eigenvalue weighted by atomic mass is 9.72. The molecule has 0 radical (unpaired) electrons. The fourth-order valence-electron chi connectivity index (χ4n) is 4.20. The maximum atomic E-state index is 12.9. The third kappa shape index (κ3) is 2.37. The Kier molecular flexibility index (Phi) is 3.75. The number of amides is 1. The van der Waals surface area contributed by atoms with Gasteiger partial charge in [-0.1, -0.05) is 42.5 Å². The number of likely N-dealkylation sites (tertiary alicyclic amines) is 1. The van der Waals surface area contributed by atoms with E-state index in [4.69, 9.17) is 0 Å². The zero-order valence-electron chi connectivity index (χ0n) is 13.5. The molecule has 0 spiro atoms. The van der Waals surface area contributed by atoms with Crippen LogP contribution in [0.3, 0.4) is 0 Å². The third-order valence-electron chi connectivity index (χ3n) is 5.63. The highest BCUT2D eigenvalue weighted by Gasteiger charge is 2.45. The van der Waals surface area contributed by atoms with Crippen LogP contribution >= 0.6 is 0 Å². The van der Waals surface area contributed by atoms with Gasteiger partial charge in [0.15, 0.2) is 0 Å². The van der Waals surface area contributed by atoms with Crippen LogP contribution < -0.4 is 0 Å². The van der Waals surface area contributed by atoms with Crippen LogP contribution in [0.2, 0.25) is 0 Å². The second-order valence-electron chi connectivity index (χ2n) is 6.89. The summed E-state index contributed by atoms with van der Waals surface area (Å²) in [4.78, 5) is 26.1. The lowest BCUT2D eigenvalue weighted by molar-refractivity contribution is -0.157. The fraction of sp³-hybridized carbons (Fsp3) is 0.400. The van der Waals surface area contributed by atoms with E-state index in [2.05, 4.69) is 24.3 Å². The lowest BCUT2D eigenvalue weighted by Gasteiger charge is -2.37. The molecular formula is C20H21NO3. The first-order chi connectivity index (χ1) is 11.7. The van der Waals surface area contributed by atoms with Crippen molar-refractivity contribution in [3.05, 3.63) is 48.0 Å². The molecule has 4 rings (SSSR count). The van der Waals surface area contributed by atoms with Crippen molar-refractivity contribution in [3.63, 3.8) is 0 Å². The number of carbonyl (C=O) groups is 2. The smallest absolute Gasteiger partial charge is 0.307 e. The Morgan fingerprint density at radius 3 is 2.46 bits per heavy atom. The minimum absolute atomic E-state index is 0.0316. The molecule has 1 amide bonds. The molecule has 3 atom stereocenters. The summed E-state index contributed by atoms with van der Waals surface area (Å²) in [5.41, 5.74) is 1.19. The zero-order chi connectivity index (χ0) is 16.7. The van der Waals surface area contributed by atoms with Crippen molar-refractivity contribution in [1.82, 2.24) is 4.90 Å². The van der Waals surface area contributed by atoms with Crippen LogP contribution in [0, 0.1) is 11.8 Å². The Hall–Kier alpha value is -2.36. The van der Waals surface area contributed by atoms with Crippen molar-refractivity contribution in [3.8, 4) is 0 Å². The monoisotopic (exact) mass is 323 g/mol. The van der Waals surface area contributed by atoms with Crippen molar-refractivity contribution in [2.24, 2.45) is 11.8 Å². The average Bonchev–Trinajstić information content (AvgIpc) is 3.02. The average molecular weight is 323 g/mol. The maximum absolute atomic E-state index is 12.9. The second-order valence-corrected chi connectivity index (χ2v) is 6.89. The van der Waals surface area contributed by atoms with E-state index in [9.17, 15) is 14.7 Å². The molecule has 2 fully saturated rings. The van der Waals surface area contributed by atoms with E-state index in [-0.39, 0.29) is 17.9 Å². The topological polar surface area (TPSA) is 57.6 Å². The van der Waals surface area contributed by atoms with Crippen LogP contribution in [0.5, 0.6) is 0 Å². The van der Waals surface area contributed by atoms with Gasteiger partial charge >= 0.3 is 5.97 Å². The van der Waals surface area contributed by atoms with Crippen molar-refractivity contribution >= 4 is 22.6 Å². The lowest BCUT2D eigenvalue weighted by Crippen LogP contribution is -2.45. The first-order valence-corrected chi connectivity index (χ1v) is 8.68. The number of hydrogen-bond donors (Lipinski definition) is 1. The Balaban J connectivity index is 1.65. The Labute approximate surface area is 141 Å². The van der Waals surface area contributed by atoms with E-state index in [1.54, 1.807) is 0 Å². The summed E-state index contributed by atoms with van der Waals surface area (Å²) in [5, 5.41) is 11.6. The predicted octanol–water partition coefficient (Wildman–Crippen LogP) is 3.61. The first-order valence-electron chi connectivity index (χ1n) is 8.68. The number of fused-ring (bicyclic) bond motifs is 1. The van der Waals surface area contributed by atoms with E-state index in [0.717, 1.165) is 19.4 Å². The standard InChI is InChI=1S/C20H21NO3/c22-19(16-10-11-17(16)20(23)24)21-12-4-9-18(21)15-8-3-6-13-5-1-2-7-14(13)15/h1-3,5-8,16-18H,4,9-12H2,(H,23,24). The summed E-state index contributed by atoms with van der Waals surface area (Å²) < 4.78 is 0. The summed E-state index contributed by atoms with van der Waals surface area (Å²) in [6, 6.07) is 14.6. The molecule has 1 saturated carbocycles. The van der Waals surface area contributed by atoms with Gasteiger partial charge in [0.25, 0.3) is 0 Å². The van der Waals surface area contributed by atoms with E-state index in [1.165, 1.54) is 16.3 Å². The highest BCUT2D eigenvalue weighted by Crippen LogP contribution is 2.41. The molecule has 1 aliphatic heterocycles. The normalized spacial score (nSPS) is 26.3. The Morgan fingerprint density at radius 2 is 1.71 bits per heavy atom. The molecule has 2 aromatic rings. The number of nitrogens with zero attached hydrogens (tertiary/aromatic N) is 1. The molecule has 1 aliphatic carbocycles. The first kappa shape index (κ1) is 15.2. The molecule has 4 nitrogen and oxygen atoms in total. The summed E-state index contributed by atoms with van der Waals surface area (Å²) >= 11 is 0. The molecule has 2 aliphatic rings. The summed E-state index contributed by atoms with van der Waals surface area (Å²) in [6.45, 7) is 0.732. The minimum Gasteiger partial charge on any atom is -0.481 e. The van der Waals surface area contributed by atoms with Crippen LogP contribution in [-0.4, -0.2) is 28.4 Å². The highest BCUT2D eigenvalue weighted by molar-refractivity contribution is 5.89. The third-order valence-corrected chi connectivity index (χ3v) is 5.63. The van der Waals surface area contributed by atoms with Crippen LogP contribution in [0.15, 0.2) is 42.5 Å². The van der Waals surface area contributed by atoms with Crippen molar-refractivity contribution < 1.29 is 14.7 Å². The van der Waals surface area contributed by atoms with E-state index < -0.39 is 11.9 Å². The van der Waals surface area contributed by atoms with Gasteiger partial charge in [0.1, 0.15) is 0 Å². The second kappa shape index (κ2) is 5.93. The molecule has 24 heavy (non-hydrogen) atoms. The van der Waals surface area contributed by atoms with E-state index in [1.807, 2.05) is 23.1 Å². The van der Waals surface area contributed by atoms with Gasteiger partial charge in [0.05, 0.1) is 17.9 Å². The molecule has 4 heteroatoms. The largest absolute Gasteiger partial charge is 0.481 e. The Morgan fingerprint density at radius 1 is 0.958 bits per heavy atom. The molecular weight excluding hydrogens is 302 g/mol. The number of benzene rings is 2. The van der Waals surface area contributed by atoms with Gasteiger partial charge in [0, 0.05) is 6.54 Å². The number of hydrogen-bond acceptors (Lipinski definition) is 2. The zero-order valence-corrected chi connectivity index (χ0v) is 13.5. The quantitative estimate of drug-likeness (QED) is 0.938. The van der Waals surface area contributed by atoms with Crippen LogP contribution in [0.4, 0.5) is 0 Å². The van der Waals surface area contributed by atoms with Crippen molar-refractivity contribution in [1.29, 1.82) is 0 Å². The van der Waals surface area contributed by atoms with Crippen LogP contribution in [0.25, 0.3) is 10.8 Å². The molecule has 1 saturated heterocycles. The minimum atomic E-state index is -0.833. The number of aliphatic carboxylic acids is 1. The van der Waals surface area contributed by atoms with Crippen molar-refractivity contribution in [2.75, 3.05) is 6.54 Å². The molecule has 2 aromatic carbocycles. The van der Waals surface area contributed by atoms with Gasteiger partial charge in [-0.25, -0.2) is 0 Å². The molecule has 1 heterocycles. The van der Waals surface area contributed by atoms with E-state index in [0.29, 0.717) is 12.8 Å². The van der Waals surface area contributed by atoms with Crippen LogP contribution in [0.1, 0.15) is 37.3 Å². The summed E-state index contributed by atoms with van der Waals surface area (Å²) in [7, 11) is 0. The van der Waals surface area contributed by atoms with Crippen LogP contribution in [-0.2, 0) is 9.59 Å². The maximum Gasteiger partial charge on any atom is 0.307 e. The molecule has 124 valence electrons. The van der Waals surface area contributed by atoms with E-state index >= 15 is 0 Å². The molecule has 0 aromatic heterocycles. The number of rotatable bonds is 3. The van der Waals surface area contributed by atoms with Gasteiger partial charge in [-0.15, -0.1) is 0 Å². The number of carboxylic acids is 1. The van der Waals surface area contributed by atoms with Gasteiger partial charge in [-0.3, -0.25) is 9.59 Å². The van der Waals surface area contributed by atoms with Gasteiger partial charge in [-0.2, -0.15) is 0 Å². The predicted molar refractivity (Wildman–Crippen MR) is 91.5 cm³/mol.